The van der Waals surface area contributed by atoms with Crippen molar-refractivity contribution in [3.8, 4) is 5.75 Å². The van der Waals surface area contributed by atoms with Gasteiger partial charge in [0.25, 0.3) is 5.91 Å². The minimum absolute atomic E-state index is 0.0138. The number of rotatable bonds is 3. The topological polar surface area (TPSA) is 49.8 Å². The highest BCUT2D eigenvalue weighted by Crippen LogP contribution is 2.33. The van der Waals surface area contributed by atoms with Crippen LogP contribution in [0.1, 0.15) is 11.7 Å². The third kappa shape index (κ3) is 2.60. The van der Waals surface area contributed by atoms with E-state index in [1.165, 1.54) is 17.0 Å². The number of amides is 1. The number of hydrogen-bond donors (Lipinski definition) is 1. The van der Waals surface area contributed by atoms with Gasteiger partial charge in [0.05, 0.1) is 18.3 Å². The van der Waals surface area contributed by atoms with Gasteiger partial charge in [-0.15, -0.1) is 0 Å². The Morgan fingerprint density at radius 2 is 1.90 bits per heavy atom. The smallest absolute Gasteiger partial charge is 0.265 e. The molecule has 1 aliphatic rings. The van der Waals surface area contributed by atoms with Gasteiger partial charge in [-0.1, -0.05) is 30.3 Å². The Hall–Kier alpha value is -2.40. The Balaban J connectivity index is 1.88. The molecule has 0 radical (unpaired) electrons. The summed E-state index contributed by atoms with van der Waals surface area (Å²) in [5, 5.41) is 10.2. The number of hydrogen-bond acceptors (Lipinski definition) is 3. The Bertz CT molecular complexity index is 674. The number of nitrogens with zero attached hydrogens (tertiary/aromatic N) is 1. The van der Waals surface area contributed by atoms with Crippen LogP contribution in [-0.2, 0) is 4.79 Å². The molecule has 0 saturated heterocycles. The number of aliphatic hydroxyl groups is 1. The number of aliphatic hydroxyl groups excluding tert-OH is 1. The second-order valence-corrected chi connectivity index (χ2v) is 4.80. The summed E-state index contributed by atoms with van der Waals surface area (Å²) in [6, 6.07) is 13.1. The highest BCUT2D eigenvalue weighted by molar-refractivity contribution is 5.97. The molecule has 1 heterocycles. The number of halogens is 1. The maximum Gasteiger partial charge on any atom is 0.265 e. The Morgan fingerprint density at radius 3 is 2.71 bits per heavy atom. The zero-order valence-electron chi connectivity index (χ0n) is 11.2. The van der Waals surface area contributed by atoms with Crippen LogP contribution in [0.4, 0.5) is 10.1 Å². The molecule has 4 nitrogen and oxygen atoms in total. The fraction of sp³-hybridized carbons (Fsp3) is 0.188. The lowest BCUT2D eigenvalue weighted by Crippen LogP contribution is -2.41. The second-order valence-electron chi connectivity index (χ2n) is 4.80. The predicted molar refractivity (Wildman–Crippen MR) is 75.6 cm³/mol. The molecule has 1 aliphatic heterocycles. The molecule has 0 spiro atoms. The second kappa shape index (κ2) is 5.54. The summed E-state index contributed by atoms with van der Waals surface area (Å²) in [4.78, 5) is 13.4. The maximum absolute atomic E-state index is 13.7. The van der Waals surface area contributed by atoms with Gasteiger partial charge in [0.1, 0.15) is 11.6 Å². The van der Waals surface area contributed by atoms with E-state index in [4.69, 9.17) is 4.74 Å². The fourth-order valence-corrected chi connectivity index (χ4v) is 2.37. The van der Waals surface area contributed by atoms with Crippen LogP contribution in [0.2, 0.25) is 0 Å². The van der Waals surface area contributed by atoms with E-state index in [2.05, 4.69) is 0 Å². The Morgan fingerprint density at radius 1 is 1.19 bits per heavy atom. The number of carbonyl (C=O) groups is 1. The van der Waals surface area contributed by atoms with Crippen LogP contribution in [0, 0.1) is 5.82 Å². The molecule has 0 aliphatic carbocycles. The Labute approximate surface area is 121 Å². The van der Waals surface area contributed by atoms with Crippen molar-refractivity contribution in [2.24, 2.45) is 0 Å². The van der Waals surface area contributed by atoms with Crippen LogP contribution >= 0.6 is 0 Å². The summed E-state index contributed by atoms with van der Waals surface area (Å²) in [6.45, 7) is -0.0961. The van der Waals surface area contributed by atoms with Crippen LogP contribution in [0.25, 0.3) is 0 Å². The molecule has 1 atom stereocenters. The summed E-state index contributed by atoms with van der Waals surface area (Å²) in [5.74, 6) is -0.166. The van der Waals surface area contributed by atoms with E-state index in [-0.39, 0.29) is 24.6 Å². The quantitative estimate of drug-likeness (QED) is 0.942. The van der Waals surface area contributed by atoms with Crippen LogP contribution < -0.4 is 9.64 Å². The zero-order chi connectivity index (χ0) is 14.8. The first-order chi connectivity index (χ1) is 10.2. The third-order valence-corrected chi connectivity index (χ3v) is 3.43. The number of β-amino-alcohol motifs (C(OH)–C–C–N with tert-alkyl or cyclic N) is 1. The van der Waals surface area contributed by atoms with Gasteiger partial charge >= 0.3 is 0 Å². The van der Waals surface area contributed by atoms with E-state index >= 15 is 0 Å². The van der Waals surface area contributed by atoms with E-state index in [1.807, 2.05) is 0 Å². The largest absolute Gasteiger partial charge is 0.482 e. The van der Waals surface area contributed by atoms with Crippen LogP contribution in [0.3, 0.4) is 0 Å². The van der Waals surface area contributed by atoms with Crippen molar-refractivity contribution in [1.82, 2.24) is 0 Å². The number of carbonyl (C=O) groups excluding carboxylic acids is 1. The standard InChI is InChI=1S/C16H14FNO3/c17-12-6-2-1-5-11(12)14(19)9-18-13-7-3-4-8-15(13)21-10-16(18)20/h1-8,14,19H,9-10H2. The van der Waals surface area contributed by atoms with Crippen LogP contribution in [0.15, 0.2) is 48.5 Å². The van der Waals surface area contributed by atoms with Crippen LogP contribution in [-0.4, -0.2) is 24.2 Å². The lowest BCUT2D eigenvalue weighted by atomic mass is 10.1. The lowest BCUT2D eigenvalue weighted by molar-refractivity contribution is -0.121. The fourth-order valence-electron chi connectivity index (χ4n) is 2.37. The first-order valence-corrected chi connectivity index (χ1v) is 6.61. The highest BCUT2D eigenvalue weighted by atomic mass is 19.1. The molecule has 0 saturated carbocycles. The molecule has 0 bridgehead atoms. The van der Waals surface area contributed by atoms with Gasteiger partial charge in [-0.05, 0) is 18.2 Å². The maximum atomic E-state index is 13.7. The number of ether oxygens (including phenoxy) is 1. The van der Waals surface area contributed by atoms with Crippen molar-refractivity contribution in [3.63, 3.8) is 0 Å². The van der Waals surface area contributed by atoms with Gasteiger partial charge in [-0.2, -0.15) is 0 Å². The minimum atomic E-state index is -1.10. The van der Waals surface area contributed by atoms with Gasteiger partial charge in [0, 0.05) is 5.56 Å². The average Bonchev–Trinajstić information content (AvgIpc) is 2.50. The first-order valence-electron chi connectivity index (χ1n) is 6.61. The van der Waals surface area contributed by atoms with Gasteiger partial charge in [-0.3, -0.25) is 4.79 Å². The van der Waals surface area contributed by atoms with Crippen molar-refractivity contribution >= 4 is 11.6 Å². The Kier molecular flexibility index (Phi) is 3.58. The van der Waals surface area contributed by atoms with Gasteiger partial charge in [-0.25, -0.2) is 4.39 Å². The molecule has 1 N–H and O–H groups in total. The third-order valence-electron chi connectivity index (χ3n) is 3.43. The summed E-state index contributed by atoms with van der Waals surface area (Å²) in [5.41, 5.74) is 0.762. The molecule has 0 fully saturated rings. The highest BCUT2D eigenvalue weighted by Gasteiger charge is 2.28. The lowest BCUT2D eigenvalue weighted by Gasteiger charge is -2.31. The van der Waals surface area contributed by atoms with Crippen molar-refractivity contribution < 1.29 is 19.0 Å². The van der Waals surface area contributed by atoms with Gasteiger partial charge in [0.15, 0.2) is 6.61 Å². The van der Waals surface area contributed by atoms with E-state index in [0.717, 1.165) is 0 Å². The van der Waals surface area contributed by atoms with E-state index in [1.54, 1.807) is 36.4 Å². The van der Waals surface area contributed by atoms with Crippen molar-refractivity contribution in [2.75, 3.05) is 18.1 Å². The molecule has 2 aromatic rings. The van der Waals surface area contributed by atoms with Crippen molar-refractivity contribution in [3.05, 3.63) is 59.9 Å². The minimum Gasteiger partial charge on any atom is -0.482 e. The molecule has 5 heteroatoms. The summed E-state index contributed by atoms with van der Waals surface area (Å²) < 4.78 is 19.0. The molecule has 108 valence electrons. The molecule has 0 aromatic heterocycles. The molecule has 2 aromatic carbocycles. The van der Waals surface area contributed by atoms with E-state index in [9.17, 15) is 14.3 Å². The molecule has 1 unspecified atom stereocenters. The van der Waals surface area contributed by atoms with Crippen LogP contribution in [0.5, 0.6) is 5.75 Å². The van der Waals surface area contributed by atoms with Gasteiger partial charge < -0.3 is 14.7 Å². The molecule has 3 rings (SSSR count). The summed E-state index contributed by atoms with van der Waals surface area (Å²) >= 11 is 0. The molecule has 1 amide bonds. The number of anilines is 1. The van der Waals surface area contributed by atoms with Crippen molar-refractivity contribution in [1.29, 1.82) is 0 Å². The first kappa shape index (κ1) is 13.6. The number of benzene rings is 2. The molecular weight excluding hydrogens is 273 g/mol. The normalized spacial score (nSPS) is 15.3. The molecular formula is C16H14FNO3. The number of fused-ring (bicyclic) bond motifs is 1. The molecule has 21 heavy (non-hydrogen) atoms. The van der Waals surface area contributed by atoms with Gasteiger partial charge in [0.2, 0.25) is 0 Å². The zero-order valence-corrected chi connectivity index (χ0v) is 11.2. The monoisotopic (exact) mass is 287 g/mol. The average molecular weight is 287 g/mol. The summed E-state index contributed by atoms with van der Waals surface area (Å²) in [6.07, 6.45) is -1.10. The van der Waals surface area contributed by atoms with Crippen molar-refractivity contribution in [2.45, 2.75) is 6.10 Å². The van der Waals surface area contributed by atoms with E-state index < -0.39 is 11.9 Å². The summed E-state index contributed by atoms with van der Waals surface area (Å²) in [7, 11) is 0. The SMILES string of the molecule is O=C1COc2ccccc2N1CC(O)c1ccccc1F. The predicted octanol–water partition coefficient (Wildman–Crippen LogP) is 2.28. The number of para-hydroxylation sites is 2. The van der Waals surface area contributed by atoms with E-state index in [0.29, 0.717) is 11.4 Å².